The van der Waals surface area contributed by atoms with Crippen LogP contribution in [0, 0.1) is 6.92 Å². The van der Waals surface area contributed by atoms with Crippen molar-refractivity contribution < 1.29 is 9.90 Å². The molecule has 1 aromatic rings. The second-order valence-corrected chi connectivity index (χ2v) is 3.91. The zero-order chi connectivity index (χ0) is 11.3. The Morgan fingerprint density at radius 2 is 2.07 bits per heavy atom. The number of aromatic carboxylic acids is 1. The van der Waals surface area contributed by atoms with Gasteiger partial charge in [-0.3, -0.25) is 0 Å². The second-order valence-electron chi connectivity index (χ2n) is 3.91. The number of carboxylic acids is 1. The Bertz CT molecular complexity index is 342. The standard InChI is InChI=1S/C13H18O2/c1-3-4-5-6-11-7-8-12(13(14)15)10(2)9-11/h7-9H,3-6H2,1-2H3,(H,14,15). The van der Waals surface area contributed by atoms with Crippen LogP contribution in [0.5, 0.6) is 0 Å². The van der Waals surface area contributed by atoms with Crippen molar-refractivity contribution in [3.05, 3.63) is 34.9 Å². The Kier molecular flexibility index (Phi) is 4.35. The Morgan fingerprint density at radius 1 is 1.33 bits per heavy atom. The van der Waals surface area contributed by atoms with Crippen molar-refractivity contribution in [2.45, 2.75) is 39.5 Å². The van der Waals surface area contributed by atoms with E-state index in [-0.39, 0.29) is 0 Å². The minimum atomic E-state index is -0.840. The number of unbranched alkanes of at least 4 members (excludes halogenated alkanes) is 2. The smallest absolute Gasteiger partial charge is 0.335 e. The zero-order valence-electron chi connectivity index (χ0n) is 9.42. The fraction of sp³-hybridized carbons (Fsp3) is 0.462. The molecule has 0 amide bonds. The van der Waals surface area contributed by atoms with E-state index >= 15 is 0 Å². The lowest BCUT2D eigenvalue weighted by atomic mass is 10.0. The van der Waals surface area contributed by atoms with E-state index in [0.717, 1.165) is 12.0 Å². The van der Waals surface area contributed by atoms with Crippen molar-refractivity contribution in [1.29, 1.82) is 0 Å². The summed E-state index contributed by atoms with van der Waals surface area (Å²) < 4.78 is 0. The lowest BCUT2D eigenvalue weighted by Crippen LogP contribution is -2.00. The van der Waals surface area contributed by atoms with Crippen LogP contribution in [-0.4, -0.2) is 11.1 Å². The van der Waals surface area contributed by atoms with E-state index in [1.165, 1.54) is 24.8 Å². The molecule has 0 aliphatic heterocycles. The van der Waals surface area contributed by atoms with E-state index in [1.54, 1.807) is 6.07 Å². The number of rotatable bonds is 5. The van der Waals surface area contributed by atoms with Gasteiger partial charge in [-0.1, -0.05) is 31.9 Å². The van der Waals surface area contributed by atoms with Gasteiger partial charge < -0.3 is 5.11 Å². The Labute approximate surface area is 90.9 Å². The topological polar surface area (TPSA) is 37.3 Å². The molecular formula is C13H18O2. The van der Waals surface area contributed by atoms with Crippen molar-refractivity contribution in [2.24, 2.45) is 0 Å². The molecule has 0 atom stereocenters. The fourth-order valence-corrected chi connectivity index (χ4v) is 1.70. The van der Waals surface area contributed by atoms with Gasteiger partial charge in [0.05, 0.1) is 5.56 Å². The molecule has 0 saturated heterocycles. The van der Waals surface area contributed by atoms with Gasteiger partial charge >= 0.3 is 5.97 Å². The lowest BCUT2D eigenvalue weighted by molar-refractivity contribution is 0.0696. The third-order valence-corrected chi connectivity index (χ3v) is 2.59. The SMILES string of the molecule is CCCCCc1ccc(C(=O)O)c(C)c1. The molecule has 0 radical (unpaired) electrons. The molecule has 0 aromatic heterocycles. The molecule has 15 heavy (non-hydrogen) atoms. The summed E-state index contributed by atoms with van der Waals surface area (Å²) in [6.45, 7) is 4.03. The van der Waals surface area contributed by atoms with Crippen LogP contribution >= 0.6 is 0 Å². The van der Waals surface area contributed by atoms with Crippen molar-refractivity contribution >= 4 is 5.97 Å². The van der Waals surface area contributed by atoms with Gasteiger partial charge in [-0.25, -0.2) is 4.79 Å². The molecule has 1 rings (SSSR count). The summed E-state index contributed by atoms with van der Waals surface area (Å²) in [5.41, 5.74) is 2.51. The predicted molar refractivity (Wildman–Crippen MR) is 61.4 cm³/mol. The maximum atomic E-state index is 10.8. The fourth-order valence-electron chi connectivity index (χ4n) is 1.70. The van der Waals surface area contributed by atoms with Crippen LogP contribution in [0.3, 0.4) is 0 Å². The molecule has 2 nitrogen and oxygen atoms in total. The first-order valence-electron chi connectivity index (χ1n) is 5.48. The van der Waals surface area contributed by atoms with Gasteiger partial charge in [-0.05, 0) is 37.0 Å². The van der Waals surface area contributed by atoms with E-state index in [1.807, 2.05) is 19.1 Å². The largest absolute Gasteiger partial charge is 0.478 e. The van der Waals surface area contributed by atoms with Crippen molar-refractivity contribution in [3.63, 3.8) is 0 Å². The highest BCUT2D eigenvalue weighted by atomic mass is 16.4. The van der Waals surface area contributed by atoms with Gasteiger partial charge in [0, 0.05) is 0 Å². The van der Waals surface area contributed by atoms with E-state index in [9.17, 15) is 4.79 Å². The molecular weight excluding hydrogens is 188 g/mol. The van der Waals surface area contributed by atoms with Gasteiger partial charge in [0.2, 0.25) is 0 Å². The maximum absolute atomic E-state index is 10.8. The number of hydrogen-bond acceptors (Lipinski definition) is 1. The number of aryl methyl sites for hydroxylation is 2. The highest BCUT2D eigenvalue weighted by Crippen LogP contribution is 2.13. The summed E-state index contributed by atoms with van der Waals surface area (Å²) in [6, 6.07) is 5.62. The first-order chi connectivity index (χ1) is 7.15. The van der Waals surface area contributed by atoms with Crippen molar-refractivity contribution in [1.82, 2.24) is 0 Å². The normalized spacial score (nSPS) is 10.3. The molecule has 0 aliphatic rings. The number of carbonyl (C=O) groups is 1. The van der Waals surface area contributed by atoms with Crippen LogP contribution in [0.1, 0.15) is 47.7 Å². The summed E-state index contributed by atoms with van der Waals surface area (Å²) in [5.74, 6) is -0.840. The molecule has 0 aliphatic carbocycles. The molecule has 0 unspecified atom stereocenters. The minimum Gasteiger partial charge on any atom is -0.478 e. The van der Waals surface area contributed by atoms with Gasteiger partial charge in [-0.15, -0.1) is 0 Å². The van der Waals surface area contributed by atoms with Gasteiger partial charge in [0.25, 0.3) is 0 Å². The summed E-state index contributed by atoms with van der Waals surface area (Å²) in [7, 11) is 0. The van der Waals surface area contributed by atoms with Crippen LogP contribution in [0.25, 0.3) is 0 Å². The van der Waals surface area contributed by atoms with E-state index in [4.69, 9.17) is 5.11 Å². The van der Waals surface area contributed by atoms with Crippen LogP contribution in [0.15, 0.2) is 18.2 Å². The summed E-state index contributed by atoms with van der Waals surface area (Å²) >= 11 is 0. The third kappa shape index (κ3) is 3.39. The Hall–Kier alpha value is -1.31. The highest BCUT2D eigenvalue weighted by Gasteiger charge is 2.06. The van der Waals surface area contributed by atoms with E-state index < -0.39 is 5.97 Å². The molecule has 1 N–H and O–H groups in total. The summed E-state index contributed by atoms with van der Waals surface area (Å²) in [4.78, 5) is 10.8. The Balaban J connectivity index is 2.69. The molecule has 0 spiro atoms. The molecule has 0 bridgehead atoms. The van der Waals surface area contributed by atoms with Crippen molar-refractivity contribution in [3.8, 4) is 0 Å². The minimum absolute atomic E-state index is 0.411. The third-order valence-electron chi connectivity index (χ3n) is 2.59. The van der Waals surface area contributed by atoms with Gasteiger partial charge in [0.1, 0.15) is 0 Å². The molecule has 0 fully saturated rings. The molecule has 2 heteroatoms. The van der Waals surface area contributed by atoms with Crippen LogP contribution in [0.4, 0.5) is 0 Å². The first-order valence-corrected chi connectivity index (χ1v) is 5.48. The molecule has 1 aromatic carbocycles. The maximum Gasteiger partial charge on any atom is 0.335 e. The lowest BCUT2D eigenvalue weighted by Gasteiger charge is -2.05. The summed E-state index contributed by atoms with van der Waals surface area (Å²) in [5, 5.41) is 8.87. The number of hydrogen-bond donors (Lipinski definition) is 1. The van der Waals surface area contributed by atoms with E-state index in [2.05, 4.69) is 6.92 Å². The zero-order valence-corrected chi connectivity index (χ0v) is 9.42. The van der Waals surface area contributed by atoms with E-state index in [0.29, 0.717) is 5.56 Å². The first kappa shape index (κ1) is 11.8. The molecule has 0 saturated carbocycles. The van der Waals surface area contributed by atoms with Crippen molar-refractivity contribution in [2.75, 3.05) is 0 Å². The van der Waals surface area contributed by atoms with Crippen LogP contribution < -0.4 is 0 Å². The quantitative estimate of drug-likeness (QED) is 0.749. The van der Waals surface area contributed by atoms with Gasteiger partial charge in [0.15, 0.2) is 0 Å². The number of benzene rings is 1. The monoisotopic (exact) mass is 206 g/mol. The van der Waals surface area contributed by atoms with Crippen LogP contribution in [-0.2, 0) is 6.42 Å². The predicted octanol–water partition coefficient (Wildman–Crippen LogP) is 3.43. The number of carboxylic acid groups (broad SMARTS) is 1. The molecule has 0 heterocycles. The van der Waals surface area contributed by atoms with Gasteiger partial charge in [-0.2, -0.15) is 0 Å². The molecule has 82 valence electrons. The average molecular weight is 206 g/mol. The highest BCUT2D eigenvalue weighted by molar-refractivity contribution is 5.89. The van der Waals surface area contributed by atoms with Crippen LogP contribution in [0.2, 0.25) is 0 Å². The second kappa shape index (κ2) is 5.54. The summed E-state index contributed by atoms with van der Waals surface area (Å²) in [6.07, 6.45) is 4.68. The average Bonchev–Trinajstić information content (AvgIpc) is 2.17. The Morgan fingerprint density at radius 3 is 2.60 bits per heavy atom.